The Morgan fingerprint density at radius 1 is 1.57 bits per heavy atom. The quantitative estimate of drug-likeness (QED) is 0.715. The summed E-state index contributed by atoms with van der Waals surface area (Å²) in [6, 6.07) is 0.425. The molecule has 1 aliphatic heterocycles. The van der Waals surface area contributed by atoms with Crippen molar-refractivity contribution in [2.45, 2.75) is 32.2 Å². The summed E-state index contributed by atoms with van der Waals surface area (Å²) in [7, 11) is 0. The van der Waals surface area contributed by atoms with Gasteiger partial charge in [-0.05, 0) is 19.8 Å². The summed E-state index contributed by atoms with van der Waals surface area (Å²) in [6.45, 7) is 2.11. The van der Waals surface area contributed by atoms with Crippen LogP contribution in [0.3, 0.4) is 0 Å². The average molecular weight is 206 g/mol. The number of hydrogen-bond donors (Lipinski definition) is 2. The molecule has 0 aromatic heterocycles. The van der Waals surface area contributed by atoms with Crippen molar-refractivity contribution >= 4 is 5.91 Å². The summed E-state index contributed by atoms with van der Waals surface area (Å²) in [5, 5.41) is 5.39. The molecule has 1 rings (SSSR count). The maximum absolute atomic E-state index is 11.8. The number of piperidine rings is 1. The van der Waals surface area contributed by atoms with E-state index in [4.69, 9.17) is 0 Å². The fourth-order valence-corrected chi connectivity index (χ4v) is 1.54. The van der Waals surface area contributed by atoms with Crippen molar-refractivity contribution < 1.29 is 13.6 Å². The Bertz CT molecular complexity index is 191. The topological polar surface area (TPSA) is 41.1 Å². The monoisotopic (exact) mass is 206 g/mol. The molecule has 0 aromatic carbocycles. The van der Waals surface area contributed by atoms with Crippen LogP contribution in [0.25, 0.3) is 0 Å². The van der Waals surface area contributed by atoms with E-state index in [1.807, 2.05) is 6.92 Å². The Morgan fingerprint density at radius 2 is 2.29 bits per heavy atom. The molecular weight excluding hydrogens is 190 g/mol. The third kappa shape index (κ3) is 3.57. The molecule has 0 saturated carbocycles. The first kappa shape index (κ1) is 11.4. The van der Waals surface area contributed by atoms with E-state index in [1.165, 1.54) is 0 Å². The molecule has 0 radical (unpaired) electrons. The summed E-state index contributed by atoms with van der Waals surface area (Å²) >= 11 is 0. The van der Waals surface area contributed by atoms with E-state index in [0.29, 0.717) is 12.6 Å². The molecule has 14 heavy (non-hydrogen) atoms. The van der Waals surface area contributed by atoms with Crippen LogP contribution in [0.2, 0.25) is 0 Å². The molecule has 0 bridgehead atoms. The van der Waals surface area contributed by atoms with Crippen molar-refractivity contribution in [3.8, 4) is 0 Å². The van der Waals surface area contributed by atoms with E-state index >= 15 is 0 Å². The van der Waals surface area contributed by atoms with Crippen molar-refractivity contribution in [2.24, 2.45) is 5.92 Å². The summed E-state index contributed by atoms with van der Waals surface area (Å²) in [5.74, 6) is -0.408. The molecule has 0 spiro atoms. The molecule has 2 unspecified atom stereocenters. The van der Waals surface area contributed by atoms with Crippen molar-refractivity contribution in [3.05, 3.63) is 0 Å². The zero-order chi connectivity index (χ0) is 10.6. The highest BCUT2D eigenvalue weighted by atomic mass is 19.3. The average Bonchev–Trinajstić information content (AvgIpc) is 2.15. The van der Waals surface area contributed by atoms with Crippen LogP contribution in [-0.2, 0) is 4.79 Å². The first-order valence-corrected chi connectivity index (χ1v) is 4.89. The van der Waals surface area contributed by atoms with E-state index < -0.39 is 13.0 Å². The van der Waals surface area contributed by atoms with Gasteiger partial charge in [0.1, 0.15) is 0 Å². The van der Waals surface area contributed by atoms with E-state index in [0.717, 1.165) is 12.8 Å². The van der Waals surface area contributed by atoms with Crippen LogP contribution >= 0.6 is 0 Å². The maximum atomic E-state index is 11.8. The summed E-state index contributed by atoms with van der Waals surface area (Å²) in [6.07, 6.45) is -0.759. The second-order valence-electron chi connectivity index (χ2n) is 3.72. The lowest BCUT2D eigenvalue weighted by Gasteiger charge is -2.26. The molecule has 1 saturated heterocycles. The molecule has 2 atom stereocenters. The summed E-state index contributed by atoms with van der Waals surface area (Å²) < 4.78 is 23.6. The van der Waals surface area contributed by atoms with Gasteiger partial charge in [-0.15, -0.1) is 0 Å². The molecule has 0 aliphatic carbocycles. The minimum Gasteiger partial charge on any atom is -0.350 e. The van der Waals surface area contributed by atoms with Crippen LogP contribution in [0.15, 0.2) is 0 Å². The molecule has 1 heterocycles. The van der Waals surface area contributed by atoms with E-state index in [9.17, 15) is 13.6 Å². The number of alkyl halides is 2. The van der Waals surface area contributed by atoms with Gasteiger partial charge in [0.2, 0.25) is 5.91 Å². The minimum atomic E-state index is -2.46. The standard InChI is InChI=1S/C9H16F2N2O/c1-6-2-3-7(4-12-6)9(14)13-5-8(10)11/h6-8,12H,2-5H2,1H3,(H,13,14). The lowest BCUT2D eigenvalue weighted by Crippen LogP contribution is -2.44. The molecule has 1 fully saturated rings. The molecule has 5 heteroatoms. The highest BCUT2D eigenvalue weighted by Crippen LogP contribution is 2.13. The largest absolute Gasteiger partial charge is 0.350 e. The van der Waals surface area contributed by atoms with Gasteiger partial charge in [0, 0.05) is 12.6 Å². The van der Waals surface area contributed by atoms with Gasteiger partial charge in [0.05, 0.1) is 12.5 Å². The number of rotatable bonds is 3. The first-order valence-electron chi connectivity index (χ1n) is 4.89. The Balaban J connectivity index is 2.24. The van der Waals surface area contributed by atoms with Crippen LogP contribution in [-0.4, -0.2) is 31.5 Å². The van der Waals surface area contributed by atoms with Crippen LogP contribution in [0, 0.1) is 5.92 Å². The molecule has 82 valence electrons. The lowest BCUT2D eigenvalue weighted by atomic mass is 9.95. The summed E-state index contributed by atoms with van der Waals surface area (Å²) in [5.41, 5.74) is 0. The SMILES string of the molecule is CC1CCC(C(=O)NCC(F)F)CN1. The van der Waals surface area contributed by atoms with E-state index in [2.05, 4.69) is 10.6 Å². The Hall–Kier alpha value is -0.710. The number of carbonyl (C=O) groups excluding carboxylic acids is 1. The van der Waals surface area contributed by atoms with Crippen LogP contribution < -0.4 is 10.6 Å². The van der Waals surface area contributed by atoms with Crippen molar-refractivity contribution in [2.75, 3.05) is 13.1 Å². The van der Waals surface area contributed by atoms with Crippen molar-refractivity contribution in [3.63, 3.8) is 0 Å². The molecular formula is C9H16F2N2O. The normalized spacial score (nSPS) is 27.7. The van der Waals surface area contributed by atoms with Gasteiger partial charge in [-0.3, -0.25) is 4.79 Å². The fourth-order valence-electron chi connectivity index (χ4n) is 1.54. The highest BCUT2D eigenvalue weighted by molar-refractivity contribution is 5.78. The number of amides is 1. The number of carbonyl (C=O) groups is 1. The first-order chi connectivity index (χ1) is 6.59. The summed E-state index contributed by atoms with van der Waals surface area (Å²) in [4.78, 5) is 11.3. The van der Waals surface area contributed by atoms with E-state index in [-0.39, 0.29) is 11.8 Å². The molecule has 3 nitrogen and oxygen atoms in total. The third-order valence-corrected chi connectivity index (χ3v) is 2.46. The van der Waals surface area contributed by atoms with Crippen LogP contribution in [0.4, 0.5) is 8.78 Å². The number of halogens is 2. The second-order valence-corrected chi connectivity index (χ2v) is 3.72. The molecule has 1 amide bonds. The maximum Gasteiger partial charge on any atom is 0.255 e. The van der Waals surface area contributed by atoms with Gasteiger partial charge in [0.25, 0.3) is 6.43 Å². The second kappa shape index (κ2) is 5.24. The minimum absolute atomic E-state index is 0.148. The Kier molecular flexibility index (Phi) is 4.25. The van der Waals surface area contributed by atoms with Crippen LogP contribution in [0.5, 0.6) is 0 Å². The predicted octanol–water partition coefficient (Wildman–Crippen LogP) is 0.756. The van der Waals surface area contributed by atoms with Crippen molar-refractivity contribution in [1.29, 1.82) is 0 Å². The van der Waals surface area contributed by atoms with Crippen LogP contribution in [0.1, 0.15) is 19.8 Å². The van der Waals surface area contributed by atoms with Gasteiger partial charge in [-0.1, -0.05) is 0 Å². The number of hydrogen-bond acceptors (Lipinski definition) is 2. The molecule has 1 aliphatic rings. The van der Waals surface area contributed by atoms with E-state index in [1.54, 1.807) is 0 Å². The van der Waals surface area contributed by atoms with Gasteiger partial charge in [-0.25, -0.2) is 8.78 Å². The molecule has 0 aromatic rings. The fraction of sp³-hybridized carbons (Fsp3) is 0.889. The van der Waals surface area contributed by atoms with Crippen molar-refractivity contribution in [1.82, 2.24) is 10.6 Å². The molecule has 2 N–H and O–H groups in total. The lowest BCUT2D eigenvalue weighted by molar-refractivity contribution is -0.126. The van der Waals surface area contributed by atoms with Gasteiger partial charge < -0.3 is 10.6 Å². The van der Waals surface area contributed by atoms with Gasteiger partial charge in [-0.2, -0.15) is 0 Å². The van der Waals surface area contributed by atoms with Gasteiger partial charge >= 0.3 is 0 Å². The zero-order valence-corrected chi connectivity index (χ0v) is 8.22. The zero-order valence-electron chi connectivity index (χ0n) is 8.22. The predicted molar refractivity (Wildman–Crippen MR) is 49.2 cm³/mol. The van der Waals surface area contributed by atoms with Gasteiger partial charge in [0.15, 0.2) is 0 Å². The smallest absolute Gasteiger partial charge is 0.255 e. The highest BCUT2D eigenvalue weighted by Gasteiger charge is 2.23. The third-order valence-electron chi connectivity index (χ3n) is 2.46. The number of nitrogens with one attached hydrogen (secondary N) is 2. The Labute approximate surface area is 82.2 Å². The Morgan fingerprint density at radius 3 is 2.79 bits per heavy atom.